The van der Waals surface area contributed by atoms with Gasteiger partial charge in [-0.1, -0.05) is 12.1 Å². The molecule has 1 atom stereocenters. The second-order valence-electron chi connectivity index (χ2n) is 8.37. The van der Waals surface area contributed by atoms with Gasteiger partial charge in [0, 0.05) is 41.9 Å². The number of nitrogens with one attached hydrogen (secondary N) is 1. The van der Waals surface area contributed by atoms with Crippen molar-refractivity contribution in [3.05, 3.63) is 59.4 Å². The average molecular weight is 476 g/mol. The van der Waals surface area contributed by atoms with Crippen molar-refractivity contribution in [2.75, 3.05) is 34.4 Å². The molecule has 1 saturated heterocycles. The summed E-state index contributed by atoms with van der Waals surface area (Å²) in [6.07, 6.45) is -0.893. The normalized spacial score (nSPS) is 16.9. The van der Waals surface area contributed by atoms with E-state index in [1.54, 1.807) is 33.6 Å². The summed E-state index contributed by atoms with van der Waals surface area (Å²) in [5, 5.41) is 7.22. The molecular weight excluding hydrogens is 447 g/mol. The molecule has 1 unspecified atom stereocenters. The fourth-order valence-electron chi connectivity index (χ4n) is 4.59. The molecule has 0 saturated carbocycles. The second-order valence-corrected chi connectivity index (χ2v) is 8.37. The van der Waals surface area contributed by atoms with Crippen LogP contribution in [0.1, 0.15) is 35.6 Å². The number of ether oxygens (including phenoxy) is 3. The molecule has 4 rings (SSSR count). The van der Waals surface area contributed by atoms with Crippen molar-refractivity contribution < 1.29 is 27.4 Å². The van der Waals surface area contributed by atoms with Gasteiger partial charge in [-0.25, -0.2) is 0 Å². The van der Waals surface area contributed by atoms with Gasteiger partial charge in [0.05, 0.1) is 33.1 Å². The molecule has 3 aromatic rings. The molecule has 1 aliphatic heterocycles. The zero-order chi connectivity index (χ0) is 24.3. The van der Waals surface area contributed by atoms with Gasteiger partial charge in [0.2, 0.25) is 0 Å². The van der Waals surface area contributed by atoms with Crippen LogP contribution in [0.5, 0.6) is 17.2 Å². The molecule has 0 aliphatic carbocycles. The molecule has 0 radical (unpaired) electrons. The van der Waals surface area contributed by atoms with Crippen molar-refractivity contribution in [2.45, 2.75) is 31.5 Å². The monoisotopic (exact) mass is 475 g/mol. The van der Waals surface area contributed by atoms with E-state index in [2.05, 4.69) is 15.1 Å². The van der Waals surface area contributed by atoms with E-state index in [9.17, 15) is 13.2 Å². The predicted molar refractivity (Wildman–Crippen MR) is 122 cm³/mol. The van der Waals surface area contributed by atoms with Crippen LogP contribution in [-0.2, 0) is 12.7 Å². The van der Waals surface area contributed by atoms with E-state index in [4.69, 9.17) is 14.2 Å². The summed E-state index contributed by atoms with van der Waals surface area (Å²) in [7, 11) is 4.80. The van der Waals surface area contributed by atoms with Gasteiger partial charge in [-0.2, -0.15) is 18.3 Å². The summed E-state index contributed by atoms with van der Waals surface area (Å²) in [6.45, 7) is 2.29. The molecule has 9 heteroatoms. The number of hydrogen-bond donors (Lipinski definition) is 1. The molecule has 0 amide bonds. The maximum Gasteiger partial charge on any atom is 0.416 e. The quantitative estimate of drug-likeness (QED) is 0.489. The van der Waals surface area contributed by atoms with E-state index in [1.807, 2.05) is 12.1 Å². The molecule has 182 valence electrons. The van der Waals surface area contributed by atoms with E-state index in [-0.39, 0.29) is 5.92 Å². The number of methoxy groups -OCH3 is 3. The topological polar surface area (TPSA) is 59.6 Å². The van der Waals surface area contributed by atoms with Crippen LogP contribution in [0.3, 0.4) is 0 Å². The lowest BCUT2D eigenvalue weighted by Crippen LogP contribution is -2.34. The molecule has 2 aromatic carbocycles. The third-order valence-corrected chi connectivity index (χ3v) is 6.26. The summed E-state index contributed by atoms with van der Waals surface area (Å²) < 4.78 is 56.1. The number of benzene rings is 2. The first-order valence-corrected chi connectivity index (χ1v) is 11.1. The lowest BCUT2D eigenvalue weighted by atomic mass is 9.90. The maximum absolute atomic E-state index is 13.2. The number of nitrogens with zero attached hydrogens (tertiary/aromatic N) is 2. The van der Waals surface area contributed by atoms with Crippen LogP contribution in [0.15, 0.2) is 42.6 Å². The van der Waals surface area contributed by atoms with Gasteiger partial charge in [0.15, 0.2) is 11.5 Å². The molecule has 1 fully saturated rings. The van der Waals surface area contributed by atoms with Gasteiger partial charge in [0.1, 0.15) is 5.75 Å². The third-order valence-electron chi connectivity index (χ3n) is 6.26. The van der Waals surface area contributed by atoms with Crippen molar-refractivity contribution in [2.24, 2.45) is 0 Å². The summed E-state index contributed by atoms with van der Waals surface area (Å²) in [6, 6.07) is 9.14. The third kappa shape index (κ3) is 4.99. The van der Waals surface area contributed by atoms with Crippen molar-refractivity contribution in [1.82, 2.24) is 15.1 Å². The molecule has 1 N–H and O–H groups in total. The van der Waals surface area contributed by atoms with Crippen LogP contribution in [0.25, 0.3) is 11.1 Å². The lowest BCUT2D eigenvalue weighted by Gasteiger charge is -2.33. The van der Waals surface area contributed by atoms with E-state index in [0.717, 1.165) is 43.3 Å². The minimum atomic E-state index is -4.39. The summed E-state index contributed by atoms with van der Waals surface area (Å²) in [5.74, 6) is 2.06. The highest BCUT2D eigenvalue weighted by Crippen LogP contribution is 2.38. The molecule has 34 heavy (non-hydrogen) atoms. The largest absolute Gasteiger partial charge is 0.496 e. The number of rotatable bonds is 7. The zero-order valence-corrected chi connectivity index (χ0v) is 19.4. The van der Waals surface area contributed by atoms with Gasteiger partial charge in [0.25, 0.3) is 0 Å². The second kappa shape index (κ2) is 9.97. The smallest absolute Gasteiger partial charge is 0.416 e. The number of aromatic amines is 1. The Bertz CT molecular complexity index is 1130. The Morgan fingerprint density at radius 2 is 1.76 bits per heavy atom. The highest BCUT2D eigenvalue weighted by Gasteiger charge is 2.31. The lowest BCUT2D eigenvalue weighted by molar-refractivity contribution is -0.137. The standard InChI is InChI=1S/C25H28F3N3O3/c1-32-21-12-23(34-3)22(33-2)11-18(21)15-31-9-5-7-17(14-31)24-20(13-29-30-24)16-6-4-8-19(10-16)25(26,27)28/h4,6,8,10-13,17H,5,7,9,14-15H2,1-3H3,(H,29,30). The van der Waals surface area contributed by atoms with E-state index in [0.29, 0.717) is 34.9 Å². The zero-order valence-electron chi connectivity index (χ0n) is 19.4. The highest BCUT2D eigenvalue weighted by molar-refractivity contribution is 5.67. The number of likely N-dealkylation sites (tertiary alicyclic amines) is 1. The van der Waals surface area contributed by atoms with E-state index in [1.165, 1.54) is 12.1 Å². The van der Waals surface area contributed by atoms with Crippen molar-refractivity contribution >= 4 is 0 Å². The fraction of sp³-hybridized carbons (Fsp3) is 0.400. The highest BCUT2D eigenvalue weighted by atomic mass is 19.4. The first kappa shape index (κ1) is 23.9. The van der Waals surface area contributed by atoms with Crippen LogP contribution >= 0.6 is 0 Å². The Morgan fingerprint density at radius 1 is 1.03 bits per heavy atom. The van der Waals surface area contributed by atoms with Crippen LogP contribution in [0.2, 0.25) is 0 Å². The molecule has 0 bridgehead atoms. The number of aromatic nitrogens is 2. The number of hydrogen-bond acceptors (Lipinski definition) is 5. The van der Waals surface area contributed by atoms with Crippen LogP contribution < -0.4 is 14.2 Å². The number of halogens is 3. The Labute approximate surface area is 196 Å². The minimum Gasteiger partial charge on any atom is -0.496 e. The van der Waals surface area contributed by atoms with Gasteiger partial charge in [-0.3, -0.25) is 10.00 Å². The van der Waals surface area contributed by atoms with Crippen molar-refractivity contribution in [3.63, 3.8) is 0 Å². The van der Waals surface area contributed by atoms with Crippen molar-refractivity contribution in [3.8, 4) is 28.4 Å². The summed E-state index contributed by atoms with van der Waals surface area (Å²) >= 11 is 0. The number of piperidine rings is 1. The number of alkyl halides is 3. The predicted octanol–water partition coefficient (Wildman–Crippen LogP) is 5.50. The molecular formula is C25H28F3N3O3. The van der Waals surface area contributed by atoms with Crippen LogP contribution in [0.4, 0.5) is 13.2 Å². The maximum atomic E-state index is 13.2. The summed E-state index contributed by atoms with van der Waals surface area (Å²) in [5.41, 5.74) is 2.40. The molecule has 1 aromatic heterocycles. The first-order chi connectivity index (χ1) is 16.3. The van der Waals surface area contributed by atoms with Gasteiger partial charge < -0.3 is 14.2 Å². The van der Waals surface area contributed by atoms with Gasteiger partial charge in [-0.15, -0.1) is 0 Å². The van der Waals surface area contributed by atoms with Gasteiger partial charge in [-0.05, 0) is 43.1 Å². The summed E-state index contributed by atoms with van der Waals surface area (Å²) in [4.78, 5) is 2.31. The Kier molecular flexibility index (Phi) is 7.02. The Morgan fingerprint density at radius 3 is 2.47 bits per heavy atom. The Balaban J connectivity index is 1.56. The first-order valence-electron chi connectivity index (χ1n) is 11.1. The minimum absolute atomic E-state index is 0.118. The van der Waals surface area contributed by atoms with E-state index < -0.39 is 11.7 Å². The molecule has 2 heterocycles. The molecule has 0 spiro atoms. The van der Waals surface area contributed by atoms with Crippen LogP contribution in [0, 0.1) is 0 Å². The number of H-pyrrole nitrogens is 1. The van der Waals surface area contributed by atoms with Gasteiger partial charge >= 0.3 is 6.18 Å². The molecule has 1 aliphatic rings. The Hall–Kier alpha value is -3.20. The average Bonchev–Trinajstić information content (AvgIpc) is 3.33. The van der Waals surface area contributed by atoms with E-state index >= 15 is 0 Å². The fourth-order valence-corrected chi connectivity index (χ4v) is 4.59. The molecule has 6 nitrogen and oxygen atoms in total. The SMILES string of the molecule is COc1cc(OC)c(OC)cc1CN1CCCC(c2[nH]ncc2-c2cccc(C(F)(F)F)c2)C1. The van der Waals surface area contributed by atoms with Crippen molar-refractivity contribution in [1.29, 1.82) is 0 Å². The van der Waals surface area contributed by atoms with Crippen LogP contribution in [-0.4, -0.2) is 49.5 Å².